The standard InChI is InChI=1S/C19H25N5O2/c1-14-10-18(20)21-13-16(14)17-11-15(23-2-6-25-7-3-23)12-19(22-17)24-4-8-26-9-5-24/h10-13H,2-9H2,1H3,(H2,20,21). The average molecular weight is 355 g/mol. The number of hydrogen-bond donors (Lipinski definition) is 1. The SMILES string of the molecule is Cc1cc(N)ncc1-c1cc(N2CCOCC2)cc(N2CCOCC2)n1. The van der Waals surface area contributed by atoms with Crippen LogP contribution >= 0.6 is 0 Å². The van der Waals surface area contributed by atoms with E-state index in [0.717, 1.165) is 75.2 Å². The van der Waals surface area contributed by atoms with Crippen molar-refractivity contribution in [1.82, 2.24) is 9.97 Å². The highest BCUT2D eigenvalue weighted by atomic mass is 16.5. The maximum absolute atomic E-state index is 5.82. The quantitative estimate of drug-likeness (QED) is 0.898. The number of morpholine rings is 2. The second kappa shape index (κ2) is 7.47. The third kappa shape index (κ3) is 3.59. The molecular weight excluding hydrogens is 330 g/mol. The first kappa shape index (κ1) is 17.1. The second-order valence-corrected chi connectivity index (χ2v) is 6.69. The minimum atomic E-state index is 0.531. The summed E-state index contributed by atoms with van der Waals surface area (Å²) < 4.78 is 11.0. The normalized spacial score (nSPS) is 18.2. The van der Waals surface area contributed by atoms with Crippen molar-refractivity contribution in [2.24, 2.45) is 0 Å². The van der Waals surface area contributed by atoms with Crippen molar-refractivity contribution in [2.45, 2.75) is 6.92 Å². The molecule has 0 spiro atoms. The van der Waals surface area contributed by atoms with Gasteiger partial charge in [-0.05, 0) is 24.6 Å². The molecule has 2 aromatic heterocycles. The Balaban J connectivity index is 1.76. The van der Waals surface area contributed by atoms with Crippen molar-refractivity contribution in [2.75, 3.05) is 68.1 Å². The molecule has 7 heteroatoms. The second-order valence-electron chi connectivity index (χ2n) is 6.69. The van der Waals surface area contributed by atoms with E-state index in [1.165, 1.54) is 5.69 Å². The van der Waals surface area contributed by atoms with Crippen molar-refractivity contribution in [3.8, 4) is 11.3 Å². The van der Waals surface area contributed by atoms with Crippen molar-refractivity contribution in [1.29, 1.82) is 0 Å². The van der Waals surface area contributed by atoms with Gasteiger partial charge in [0, 0.05) is 49.7 Å². The van der Waals surface area contributed by atoms with Crippen LogP contribution in [-0.2, 0) is 9.47 Å². The third-order valence-corrected chi connectivity index (χ3v) is 4.92. The Kier molecular flexibility index (Phi) is 4.90. The molecule has 0 atom stereocenters. The molecule has 2 aliphatic rings. The Bertz CT molecular complexity index is 734. The third-order valence-electron chi connectivity index (χ3n) is 4.92. The van der Waals surface area contributed by atoms with Gasteiger partial charge in [0.05, 0.1) is 32.1 Å². The van der Waals surface area contributed by atoms with Crippen LogP contribution in [0.25, 0.3) is 11.3 Å². The van der Waals surface area contributed by atoms with Gasteiger partial charge in [-0.2, -0.15) is 0 Å². The predicted octanol–water partition coefficient (Wildman–Crippen LogP) is 1.71. The lowest BCUT2D eigenvalue weighted by molar-refractivity contribution is 0.122. The van der Waals surface area contributed by atoms with E-state index < -0.39 is 0 Å². The van der Waals surface area contributed by atoms with Crippen molar-refractivity contribution < 1.29 is 9.47 Å². The fraction of sp³-hybridized carbons (Fsp3) is 0.474. The Hall–Kier alpha value is -2.38. The summed E-state index contributed by atoms with van der Waals surface area (Å²) in [5, 5.41) is 0. The van der Waals surface area contributed by atoms with Crippen molar-refractivity contribution in [3.63, 3.8) is 0 Å². The van der Waals surface area contributed by atoms with Gasteiger partial charge >= 0.3 is 0 Å². The van der Waals surface area contributed by atoms with E-state index in [1.807, 2.05) is 19.2 Å². The van der Waals surface area contributed by atoms with Gasteiger partial charge in [-0.25, -0.2) is 9.97 Å². The van der Waals surface area contributed by atoms with E-state index in [-0.39, 0.29) is 0 Å². The molecule has 0 amide bonds. The molecule has 4 heterocycles. The van der Waals surface area contributed by atoms with Gasteiger partial charge < -0.3 is 25.0 Å². The summed E-state index contributed by atoms with van der Waals surface area (Å²) in [5.41, 5.74) is 10.0. The molecule has 0 bridgehead atoms. The van der Waals surface area contributed by atoms with Gasteiger partial charge in [0.25, 0.3) is 0 Å². The first-order valence-corrected chi connectivity index (χ1v) is 9.11. The molecule has 2 aliphatic heterocycles. The van der Waals surface area contributed by atoms with Crippen molar-refractivity contribution in [3.05, 3.63) is 30.0 Å². The van der Waals surface area contributed by atoms with Crippen LogP contribution < -0.4 is 15.5 Å². The number of ether oxygens (including phenoxy) is 2. The lowest BCUT2D eigenvalue weighted by Crippen LogP contribution is -2.38. The molecule has 138 valence electrons. The van der Waals surface area contributed by atoms with E-state index in [2.05, 4.69) is 26.9 Å². The zero-order chi connectivity index (χ0) is 17.9. The summed E-state index contributed by atoms with van der Waals surface area (Å²) in [6, 6.07) is 6.22. The molecule has 26 heavy (non-hydrogen) atoms. The Labute approximate surface area is 153 Å². The predicted molar refractivity (Wildman–Crippen MR) is 103 cm³/mol. The Morgan fingerprint density at radius 1 is 0.923 bits per heavy atom. The van der Waals surface area contributed by atoms with Crippen LogP contribution in [0.1, 0.15) is 5.56 Å². The van der Waals surface area contributed by atoms with Gasteiger partial charge in [0.2, 0.25) is 0 Å². The molecule has 4 rings (SSSR count). The molecule has 2 saturated heterocycles. The maximum atomic E-state index is 5.82. The van der Waals surface area contributed by atoms with Crippen LogP contribution in [0.15, 0.2) is 24.4 Å². The van der Waals surface area contributed by atoms with Crippen LogP contribution in [0.2, 0.25) is 0 Å². The van der Waals surface area contributed by atoms with E-state index >= 15 is 0 Å². The summed E-state index contributed by atoms with van der Waals surface area (Å²) in [6.07, 6.45) is 1.82. The topological polar surface area (TPSA) is 76.7 Å². The summed E-state index contributed by atoms with van der Waals surface area (Å²) in [6.45, 7) is 8.54. The first-order chi connectivity index (χ1) is 12.7. The number of aromatic nitrogens is 2. The van der Waals surface area contributed by atoms with E-state index in [4.69, 9.17) is 20.2 Å². The van der Waals surface area contributed by atoms with Gasteiger partial charge in [-0.1, -0.05) is 0 Å². The van der Waals surface area contributed by atoms with Crippen LogP contribution in [0.5, 0.6) is 0 Å². The zero-order valence-corrected chi connectivity index (χ0v) is 15.1. The van der Waals surface area contributed by atoms with E-state index in [1.54, 1.807) is 0 Å². The average Bonchev–Trinajstić information content (AvgIpc) is 2.69. The van der Waals surface area contributed by atoms with Gasteiger partial charge in [0.1, 0.15) is 11.6 Å². The number of anilines is 3. The molecule has 7 nitrogen and oxygen atoms in total. The number of hydrogen-bond acceptors (Lipinski definition) is 7. The fourth-order valence-corrected chi connectivity index (χ4v) is 3.44. The van der Waals surface area contributed by atoms with Crippen LogP contribution in [0, 0.1) is 6.92 Å². The summed E-state index contributed by atoms with van der Waals surface area (Å²) in [5.74, 6) is 1.52. The van der Waals surface area contributed by atoms with Crippen LogP contribution in [-0.4, -0.2) is 62.6 Å². The fourth-order valence-electron chi connectivity index (χ4n) is 3.44. The van der Waals surface area contributed by atoms with Crippen LogP contribution in [0.4, 0.5) is 17.3 Å². The minimum Gasteiger partial charge on any atom is -0.384 e. The van der Waals surface area contributed by atoms with Gasteiger partial charge in [-0.3, -0.25) is 0 Å². The molecular formula is C19H25N5O2. The van der Waals surface area contributed by atoms with Gasteiger partial charge in [0.15, 0.2) is 0 Å². The molecule has 0 saturated carbocycles. The summed E-state index contributed by atoms with van der Waals surface area (Å²) in [4.78, 5) is 13.9. The highest BCUT2D eigenvalue weighted by Crippen LogP contribution is 2.30. The molecule has 0 radical (unpaired) electrons. The lowest BCUT2D eigenvalue weighted by Gasteiger charge is -2.32. The van der Waals surface area contributed by atoms with Gasteiger partial charge in [-0.15, -0.1) is 0 Å². The van der Waals surface area contributed by atoms with Crippen molar-refractivity contribution >= 4 is 17.3 Å². The zero-order valence-electron chi connectivity index (χ0n) is 15.1. The first-order valence-electron chi connectivity index (χ1n) is 9.11. The largest absolute Gasteiger partial charge is 0.384 e. The Morgan fingerprint density at radius 2 is 1.58 bits per heavy atom. The highest BCUT2D eigenvalue weighted by Gasteiger charge is 2.19. The molecule has 2 fully saturated rings. The minimum absolute atomic E-state index is 0.531. The lowest BCUT2D eigenvalue weighted by atomic mass is 10.1. The number of nitrogen functional groups attached to an aromatic ring is 1. The number of rotatable bonds is 3. The highest BCUT2D eigenvalue weighted by molar-refractivity contribution is 5.71. The number of nitrogens with zero attached hydrogens (tertiary/aromatic N) is 4. The monoisotopic (exact) mass is 355 g/mol. The van der Waals surface area contributed by atoms with E-state index in [9.17, 15) is 0 Å². The summed E-state index contributed by atoms with van der Waals surface area (Å²) in [7, 11) is 0. The Morgan fingerprint density at radius 3 is 2.23 bits per heavy atom. The number of nitrogens with two attached hydrogens (primary N) is 1. The molecule has 0 unspecified atom stereocenters. The number of pyridine rings is 2. The number of aryl methyl sites for hydroxylation is 1. The maximum Gasteiger partial charge on any atom is 0.131 e. The molecule has 0 aromatic carbocycles. The van der Waals surface area contributed by atoms with E-state index in [0.29, 0.717) is 5.82 Å². The smallest absolute Gasteiger partial charge is 0.131 e. The molecule has 0 aliphatic carbocycles. The van der Waals surface area contributed by atoms with Crippen LogP contribution in [0.3, 0.4) is 0 Å². The molecule has 2 aromatic rings. The summed E-state index contributed by atoms with van der Waals surface area (Å²) >= 11 is 0. The molecule has 2 N–H and O–H groups in total.